The molecule has 1 aliphatic rings. The first-order chi connectivity index (χ1) is 12.8. The van der Waals surface area contributed by atoms with Crippen LogP contribution in [0.2, 0.25) is 5.02 Å². The van der Waals surface area contributed by atoms with E-state index in [0.717, 1.165) is 0 Å². The summed E-state index contributed by atoms with van der Waals surface area (Å²) in [5, 5.41) is 3.20. The van der Waals surface area contributed by atoms with E-state index in [0.29, 0.717) is 41.5 Å². The summed E-state index contributed by atoms with van der Waals surface area (Å²) >= 11 is 5.87. The summed E-state index contributed by atoms with van der Waals surface area (Å²) in [6.07, 6.45) is -2.61. The van der Waals surface area contributed by atoms with Gasteiger partial charge >= 0.3 is 6.18 Å². The van der Waals surface area contributed by atoms with E-state index in [-0.39, 0.29) is 17.7 Å². The third-order valence-corrected chi connectivity index (χ3v) is 4.20. The van der Waals surface area contributed by atoms with Crippen molar-refractivity contribution >= 4 is 23.2 Å². The van der Waals surface area contributed by atoms with Crippen LogP contribution in [0.1, 0.15) is 6.42 Å². The molecule has 0 radical (unpaired) electrons. The van der Waals surface area contributed by atoms with E-state index in [2.05, 4.69) is 10.3 Å². The van der Waals surface area contributed by atoms with Gasteiger partial charge in [-0.15, -0.1) is 0 Å². The molecule has 1 amide bonds. The molecule has 1 atom stereocenters. The number of benzene rings is 1. The number of hydrogen-bond acceptors (Lipinski definition) is 4. The number of amides is 1. The molecule has 1 N–H and O–H groups in total. The maximum absolute atomic E-state index is 12.5. The number of carbonyl (C=O) groups excluding carboxylic acids is 1. The molecule has 9 heteroatoms. The molecule has 0 bridgehead atoms. The van der Waals surface area contributed by atoms with Crippen molar-refractivity contribution in [3.8, 4) is 17.0 Å². The highest BCUT2D eigenvalue weighted by atomic mass is 35.5. The minimum atomic E-state index is -4.49. The number of alkyl halides is 3. The molecule has 2 aromatic rings. The molecule has 0 saturated carbocycles. The van der Waals surface area contributed by atoms with Crippen molar-refractivity contribution in [2.45, 2.75) is 12.6 Å². The number of pyridine rings is 1. The first-order valence-electron chi connectivity index (χ1n) is 8.16. The lowest BCUT2D eigenvalue weighted by molar-refractivity contribution is -0.154. The molecule has 1 aromatic heterocycles. The van der Waals surface area contributed by atoms with Crippen LogP contribution in [0.15, 0.2) is 36.5 Å². The molecule has 1 aliphatic heterocycles. The number of nitrogens with zero attached hydrogens (tertiary/aromatic N) is 1. The van der Waals surface area contributed by atoms with Crippen LogP contribution in [0.5, 0.6) is 5.88 Å². The van der Waals surface area contributed by atoms with Gasteiger partial charge in [-0.3, -0.25) is 4.79 Å². The second kappa shape index (κ2) is 8.14. The number of hydrogen-bond donors (Lipinski definition) is 1. The lowest BCUT2D eigenvalue weighted by Gasteiger charge is -2.15. The average molecular weight is 401 g/mol. The van der Waals surface area contributed by atoms with E-state index in [4.69, 9.17) is 21.1 Å². The summed E-state index contributed by atoms with van der Waals surface area (Å²) in [6.45, 7) is -0.599. The minimum Gasteiger partial charge on any atom is -0.468 e. The van der Waals surface area contributed by atoms with Gasteiger partial charge in [-0.25, -0.2) is 4.98 Å². The van der Waals surface area contributed by atoms with Gasteiger partial charge in [0, 0.05) is 17.2 Å². The predicted molar refractivity (Wildman–Crippen MR) is 93.8 cm³/mol. The Morgan fingerprint density at radius 2 is 2.07 bits per heavy atom. The van der Waals surface area contributed by atoms with Crippen molar-refractivity contribution in [3.63, 3.8) is 0 Å². The molecule has 5 nitrogen and oxygen atoms in total. The van der Waals surface area contributed by atoms with Gasteiger partial charge in [-0.1, -0.05) is 23.7 Å². The molecule has 1 fully saturated rings. The van der Waals surface area contributed by atoms with E-state index in [9.17, 15) is 18.0 Å². The Morgan fingerprint density at radius 1 is 1.33 bits per heavy atom. The Balaban J connectivity index is 1.87. The van der Waals surface area contributed by atoms with E-state index in [1.807, 2.05) is 0 Å². The lowest BCUT2D eigenvalue weighted by atomic mass is 10.1. The molecular formula is C18H16ClF3N2O3. The second-order valence-electron chi connectivity index (χ2n) is 6.04. The summed E-state index contributed by atoms with van der Waals surface area (Å²) in [6, 6.07) is 8.00. The number of carbonyl (C=O) groups is 1. The van der Waals surface area contributed by atoms with Crippen LogP contribution in [-0.2, 0) is 9.53 Å². The van der Waals surface area contributed by atoms with Crippen molar-refractivity contribution in [3.05, 3.63) is 41.6 Å². The summed E-state index contributed by atoms with van der Waals surface area (Å²) in [5.74, 6) is -0.665. The highest BCUT2D eigenvalue weighted by molar-refractivity contribution is 6.30. The fourth-order valence-corrected chi connectivity index (χ4v) is 2.73. The standard InChI is InChI=1S/C18H16ClF3N2O3/c19-13-3-1-11(2-4-13)15-7-14(24-16(25)12-5-6-26-9-12)8-23-17(15)27-10-18(20,21)22/h1-4,7-8,12H,5-6,9-10H2,(H,24,25)/t12-/m1/s1. The minimum absolute atomic E-state index is 0.183. The maximum atomic E-state index is 12.5. The van der Waals surface area contributed by atoms with Gasteiger partial charge in [-0.05, 0) is 30.2 Å². The largest absolute Gasteiger partial charge is 0.468 e. The van der Waals surface area contributed by atoms with E-state index in [1.54, 1.807) is 24.3 Å². The molecule has 27 heavy (non-hydrogen) atoms. The number of rotatable bonds is 5. The Hall–Kier alpha value is -2.32. The topological polar surface area (TPSA) is 60.5 Å². The second-order valence-corrected chi connectivity index (χ2v) is 6.47. The zero-order valence-corrected chi connectivity index (χ0v) is 14.8. The zero-order chi connectivity index (χ0) is 19.4. The first kappa shape index (κ1) is 19.4. The van der Waals surface area contributed by atoms with Crippen LogP contribution < -0.4 is 10.1 Å². The van der Waals surface area contributed by atoms with Crippen molar-refractivity contribution in [2.75, 3.05) is 25.1 Å². The van der Waals surface area contributed by atoms with E-state index >= 15 is 0 Å². The smallest absolute Gasteiger partial charge is 0.422 e. The highest BCUT2D eigenvalue weighted by Gasteiger charge is 2.29. The monoisotopic (exact) mass is 400 g/mol. The summed E-state index contributed by atoms with van der Waals surface area (Å²) < 4.78 is 47.6. The number of anilines is 1. The molecule has 1 aromatic carbocycles. The normalized spacial score (nSPS) is 17.0. The summed E-state index contributed by atoms with van der Waals surface area (Å²) in [4.78, 5) is 16.2. The molecule has 1 saturated heterocycles. The predicted octanol–water partition coefficient (Wildman–Crippen LogP) is 4.32. The van der Waals surface area contributed by atoms with Gasteiger partial charge in [0.2, 0.25) is 11.8 Å². The van der Waals surface area contributed by atoms with Crippen LogP contribution in [0.3, 0.4) is 0 Å². The number of aromatic nitrogens is 1. The Kier molecular flexibility index (Phi) is 5.86. The van der Waals surface area contributed by atoms with Crippen molar-refractivity contribution in [1.82, 2.24) is 4.98 Å². The van der Waals surface area contributed by atoms with Crippen molar-refractivity contribution in [1.29, 1.82) is 0 Å². The molecule has 2 heterocycles. The van der Waals surface area contributed by atoms with Gasteiger partial charge in [0.15, 0.2) is 6.61 Å². The van der Waals surface area contributed by atoms with Gasteiger partial charge in [0.1, 0.15) is 0 Å². The zero-order valence-electron chi connectivity index (χ0n) is 14.1. The van der Waals surface area contributed by atoms with E-state index < -0.39 is 12.8 Å². The molecule has 0 unspecified atom stereocenters. The van der Waals surface area contributed by atoms with Crippen LogP contribution in [0, 0.1) is 5.92 Å². The third kappa shape index (κ3) is 5.33. The maximum Gasteiger partial charge on any atom is 0.422 e. The molecule has 0 spiro atoms. The SMILES string of the molecule is O=C(Nc1cnc(OCC(F)(F)F)c(-c2ccc(Cl)cc2)c1)[C@@H]1CCOC1. The molecule has 3 rings (SSSR count). The van der Waals surface area contributed by atoms with E-state index in [1.165, 1.54) is 12.3 Å². The van der Waals surface area contributed by atoms with Gasteiger partial charge in [0.25, 0.3) is 0 Å². The molecule has 0 aliphatic carbocycles. The first-order valence-corrected chi connectivity index (χ1v) is 8.54. The van der Waals surface area contributed by atoms with Crippen LogP contribution in [-0.4, -0.2) is 36.9 Å². The Bertz CT molecular complexity index is 806. The summed E-state index contributed by atoms with van der Waals surface area (Å²) in [5.41, 5.74) is 1.23. The summed E-state index contributed by atoms with van der Waals surface area (Å²) in [7, 11) is 0. The van der Waals surface area contributed by atoms with Crippen molar-refractivity contribution in [2.24, 2.45) is 5.92 Å². The van der Waals surface area contributed by atoms with Crippen LogP contribution >= 0.6 is 11.6 Å². The number of nitrogens with one attached hydrogen (secondary N) is 1. The van der Waals surface area contributed by atoms with Gasteiger partial charge < -0.3 is 14.8 Å². The van der Waals surface area contributed by atoms with Gasteiger partial charge in [0.05, 0.1) is 24.4 Å². The Morgan fingerprint density at radius 3 is 2.70 bits per heavy atom. The molecule has 144 valence electrons. The van der Waals surface area contributed by atoms with Crippen LogP contribution in [0.4, 0.5) is 18.9 Å². The average Bonchev–Trinajstić information content (AvgIpc) is 3.15. The quantitative estimate of drug-likeness (QED) is 0.812. The lowest BCUT2D eigenvalue weighted by Crippen LogP contribution is -2.23. The van der Waals surface area contributed by atoms with Gasteiger partial charge in [-0.2, -0.15) is 13.2 Å². The number of ether oxygens (including phenoxy) is 2. The number of halogens is 4. The van der Waals surface area contributed by atoms with Crippen LogP contribution in [0.25, 0.3) is 11.1 Å². The Labute approximate surface area is 158 Å². The third-order valence-electron chi connectivity index (χ3n) is 3.95. The fraction of sp³-hybridized carbons (Fsp3) is 0.333. The fourth-order valence-electron chi connectivity index (χ4n) is 2.61. The highest BCUT2D eigenvalue weighted by Crippen LogP contribution is 2.32. The van der Waals surface area contributed by atoms with Crippen molar-refractivity contribution < 1.29 is 27.4 Å². The molecular weight excluding hydrogens is 385 g/mol.